The third-order valence-corrected chi connectivity index (χ3v) is 11.5. The Bertz CT molecular complexity index is 1130. The molecule has 0 bridgehead atoms. The largest absolute Gasteiger partial charge is 0.493 e. The van der Waals surface area contributed by atoms with Crippen molar-refractivity contribution in [3.63, 3.8) is 0 Å². The molecular formula is C28H39N3O3Si. The van der Waals surface area contributed by atoms with Gasteiger partial charge in [0.25, 0.3) is 5.91 Å². The summed E-state index contributed by atoms with van der Waals surface area (Å²) in [6.45, 7) is 15.9. The molecule has 0 aliphatic rings. The van der Waals surface area contributed by atoms with Gasteiger partial charge in [-0.25, -0.2) is 4.98 Å². The topological polar surface area (TPSA) is 79.4 Å². The molecule has 3 rings (SSSR count). The van der Waals surface area contributed by atoms with Gasteiger partial charge in [-0.15, -0.1) is 0 Å². The van der Waals surface area contributed by atoms with E-state index in [0.717, 1.165) is 16.9 Å². The molecule has 1 aromatic heterocycles. The number of nitrogens with two attached hydrogens (primary N) is 1. The molecule has 0 fully saturated rings. The number of carbonyl (C=O) groups is 1. The number of aryl methyl sites for hydroxylation is 1. The number of nitrogens with zero attached hydrogens (tertiary/aromatic N) is 2. The van der Waals surface area contributed by atoms with Crippen LogP contribution in [0.4, 0.5) is 0 Å². The lowest BCUT2D eigenvalue weighted by atomic mass is 10.0. The second-order valence-corrected chi connectivity index (χ2v) is 15.5. The molecule has 6 nitrogen and oxygen atoms in total. The van der Waals surface area contributed by atoms with Crippen LogP contribution >= 0.6 is 0 Å². The Morgan fingerprint density at radius 3 is 2.40 bits per heavy atom. The number of ether oxygens (including phenoxy) is 1. The van der Waals surface area contributed by atoms with Gasteiger partial charge in [0, 0.05) is 12.6 Å². The Morgan fingerprint density at radius 2 is 1.80 bits per heavy atom. The maximum absolute atomic E-state index is 11.6. The molecule has 0 aliphatic heterocycles. The fourth-order valence-electron chi connectivity index (χ4n) is 3.80. The van der Waals surface area contributed by atoms with Crippen LogP contribution in [0.25, 0.3) is 11.1 Å². The Morgan fingerprint density at radius 1 is 1.11 bits per heavy atom. The van der Waals surface area contributed by atoms with E-state index in [-0.39, 0.29) is 22.9 Å². The van der Waals surface area contributed by atoms with Crippen LogP contribution in [0, 0.1) is 6.92 Å². The summed E-state index contributed by atoms with van der Waals surface area (Å²) >= 11 is 0. The van der Waals surface area contributed by atoms with E-state index in [4.69, 9.17) is 14.9 Å². The van der Waals surface area contributed by atoms with Gasteiger partial charge in [-0.1, -0.05) is 62.7 Å². The molecule has 1 heterocycles. The van der Waals surface area contributed by atoms with Crippen LogP contribution in [0.2, 0.25) is 18.1 Å². The van der Waals surface area contributed by atoms with Crippen LogP contribution < -0.4 is 10.5 Å². The zero-order valence-electron chi connectivity index (χ0n) is 22.0. The highest BCUT2D eigenvalue weighted by Crippen LogP contribution is 2.39. The van der Waals surface area contributed by atoms with Gasteiger partial charge in [0.15, 0.2) is 8.32 Å². The summed E-state index contributed by atoms with van der Waals surface area (Å²) in [5.41, 5.74) is 9.21. The number of amides is 1. The van der Waals surface area contributed by atoms with E-state index in [0.29, 0.717) is 13.0 Å². The van der Waals surface area contributed by atoms with Crippen molar-refractivity contribution in [1.29, 1.82) is 0 Å². The average molecular weight is 494 g/mol. The van der Waals surface area contributed by atoms with E-state index in [1.165, 1.54) is 5.56 Å². The van der Waals surface area contributed by atoms with E-state index >= 15 is 0 Å². The van der Waals surface area contributed by atoms with E-state index in [1.807, 2.05) is 16.7 Å². The third-order valence-electron chi connectivity index (χ3n) is 6.97. The molecule has 35 heavy (non-hydrogen) atoms. The van der Waals surface area contributed by atoms with Crippen LogP contribution in [0.15, 0.2) is 61.1 Å². The molecule has 1 amide bonds. The van der Waals surface area contributed by atoms with E-state index in [1.54, 1.807) is 12.5 Å². The summed E-state index contributed by atoms with van der Waals surface area (Å²) in [7, 11) is -2.00. The molecule has 2 atom stereocenters. The standard InChI is InChI=1S/C28H39N3O3Si/c1-20-11-13-22(14-12-20)23-9-8-10-24(17-23)33-16-15-26(31-18-25(27(29)32)30-19-31)21(2)34-35(6,7)28(3,4)5/h8-14,17-19,21,26H,15-16H2,1-7H3,(H2,29,32)/t21-,26+/m0/s1. The zero-order chi connectivity index (χ0) is 25.8. The first-order valence-electron chi connectivity index (χ1n) is 12.2. The number of hydrogen-bond acceptors (Lipinski definition) is 4. The van der Waals surface area contributed by atoms with Crippen molar-refractivity contribution in [1.82, 2.24) is 9.55 Å². The average Bonchev–Trinajstić information content (AvgIpc) is 3.26. The van der Waals surface area contributed by atoms with Gasteiger partial charge in [-0.2, -0.15) is 0 Å². The lowest BCUT2D eigenvalue weighted by Gasteiger charge is -2.40. The fraction of sp³-hybridized carbons (Fsp3) is 0.429. The van der Waals surface area contributed by atoms with E-state index in [2.05, 4.69) is 89.1 Å². The first-order chi connectivity index (χ1) is 16.4. The fourth-order valence-corrected chi connectivity index (χ4v) is 5.24. The Kier molecular flexibility index (Phi) is 8.23. The number of hydrogen-bond donors (Lipinski definition) is 1. The smallest absolute Gasteiger partial charge is 0.268 e. The molecule has 0 saturated heterocycles. The lowest BCUT2D eigenvalue weighted by molar-refractivity contribution is 0.0994. The van der Waals surface area contributed by atoms with Crippen LogP contribution in [-0.4, -0.2) is 36.5 Å². The molecule has 2 aromatic carbocycles. The van der Waals surface area contributed by atoms with Gasteiger partial charge in [0.05, 0.1) is 25.1 Å². The van der Waals surface area contributed by atoms with Crippen molar-refractivity contribution in [3.8, 4) is 16.9 Å². The summed E-state index contributed by atoms with van der Waals surface area (Å²) in [6.07, 6.45) is 3.97. The van der Waals surface area contributed by atoms with Crippen LogP contribution in [0.3, 0.4) is 0 Å². The third kappa shape index (κ3) is 6.83. The lowest BCUT2D eigenvalue weighted by Crippen LogP contribution is -2.45. The van der Waals surface area contributed by atoms with Crippen LogP contribution in [-0.2, 0) is 4.43 Å². The molecule has 0 radical (unpaired) electrons. The predicted octanol–water partition coefficient (Wildman–Crippen LogP) is 6.38. The molecular weight excluding hydrogens is 454 g/mol. The highest BCUT2D eigenvalue weighted by Gasteiger charge is 2.40. The second-order valence-electron chi connectivity index (χ2n) is 10.8. The maximum Gasteiger partial charge on any atom is 0.268 e. The molecule has 0 unspecified atom stereocenters. The van der Waals surface area contributed by atoms with Crippen molar-refractivity contribution in [2.45, 2.75) is 71.3 Å². The molecule has 0 saturated carbocycles. The van der Waals surface area contributed by atoms with Gasteiger partial charge in [0.2, 0.25) is 0 Å². The normalized spacial score (nSPS) is 13.9. The van der Waals surface area contributed by atoms with Gasteiger partial charge in [0.1, 0.15) is 11.4 Å². The number of rotatable bonds is 10. The SMILES string of the molecule is Cc1ccc(-c2cccc(OCC[C@H]([C@H](C)O[Si](C)(C)C(C)(C)C)n3cnc(C(N)=O)c3)c2)cc1. The number of aromatic nitrogens is 2. The zero-order valence-corrected chi connectivity index (χ0v) is 23.0. The van der Waals surface area contributed by atoms with Crippen LogP contribution in [0.5, 0.6) is 5.75 Å². The second kappa shape index (κ2) is 10.8. The quantitative estimate of drug-likeness (QED) is 0.332. The van der Waals surface area contributed by atoms with Gasteiger partial charge < -0.3 is 19.5 Å². The van der Waals surface area contributed by atoms with Crippen molar-refractivity contribution in [2.24, 2.45) is 5.73 Å². The summed E-state index contributed by atoms with van der Waals surface area (Å²) in [5.74, 6) is 0.285. The maximum atomic E-state index is 11.6. The Balaban J connectivity index is 1.75. The van der Waals surface area contributed by atoms with E-state index in [9.17, 15) is 4.79 Å². The first-order valence-corrected chi connectivity index (χ1v) is 15.1. The van der Waals surface area contributed by atoms with Gasteiger partial charge in [-0.3, -0.25) is 4.79 Å². The minimum atomic E-state index is -2.00. The summed E-state index contributed by atoms with van der Waals surface area (Å²) in [4.78, 5) is 15.8. The number of carbonyl (C=O) groups excluding carboxylic acids is 1. The molecule has 7 heteroatoms. The molecule has 0 aliphatic carbocycles. The molecule has 2 N–H and O–H groups in total. The van der Waals surface area contributed by atoms with Gasteiger partial charge >= 0.3 is 0 Å². The molecule has 3 aromatic rings. The predicted molar refractivity (Wildman–Crippen MR) is 144 cm³/mol. The van der Waals surface area contributed by atoms with Crippen molar-refractivity contribution in [2.75, 3.05) is 6.61 Å². The summed E-state index contributed by atoms with van der Waals surface area (Å²) < 4.78 is 14.8. The number of benzene rings is 2. The number of primary amides is 1. The minimum absolute atomic E-state index is 0.0509. The minimum Gasteiger partial charge on any atom is -0.493 e. The van der Waals surface area contributed by atoms with Crippen molar-refractivity contribution in [3.05, 3.63) is 72.3 Å². The Labute approximate surface area is 210 Å². The summed E-state index contributed by atoms with van der Waals surface area (Å²) in [6, 6.07) is 16.6. The van der Waals surface area contributed by atoms with Crippen molar-refractivity contribution < 1.29 is 14.0 Å². The van der Waals surface area contributed by atoms with E-state index < -0.39 is 14.2 Å². The molecule has 188 valence electrons. The summed E-state index contributed by atoms with van der Waals surface area (Å²) in [5, 5.41) is 0.0893. The molecule has 0 spiro atoms. The first kappa shape index (κ1) is 26.7. The van der Waals surface area contributed by atoms with Crippen molar-refractivity contribution >= 4 is 14.2 Å². The highest BCUT2D eigenvalue weighted by molar-refractivity contribution is 6.74. The number of imidazole rings is 1. The van der Waals surface area contributed by atoms with Crippen LogP contribution in [0.1, 0.15) is 56.2 Å². The van der Waals surface area contributed by atoms with Gasteiger partial charge in [-0.05, 0) is 55.2 Å². The highest BCUT2D eigenvalue weighted by atomic mass is 28.4. The monoisotopic (exact) mass is 493 g/mol. The Hall–Kier alpha value is -2.90.